The molecule has 0 bridgehead atoms. The van der Waals surface area contributed by atoms with E-state index in [0.29, 0.717) is 57.4 Å². The summed E-state index contributed by atoms with van der Waals surface area (Å²) in [5, 5.41) is 3.50. The number of anilines is 1. The van der Waals surface area contributed by atoms with Crippen molar-refractivity contribution in [1.82, 2.24) is 0 Å². The highest BCUT2D eigenvalue weighted by atomic mass is 16.5. The van der Waals surface area contributed by atoms with Crippen LogP contribution in [0.2, 0.25) is 0 Å². The Hall–Kier alpha value is -3.48. The maximum absolute atomic E-state index is 13.4. The molecule has 0 radical (unpaired) electrons. The predicted molar refractivity (Wildman–Crippen MR) is 128 cm³/mol. The van der Waals surface area contributed by atoms with E-state index in [4.69, 9.17) is 18.6 Å². The summed E-state index contributed by atoms with van der Waals surface area (Å²) in [5.74, 6) is 2.14. The molecule has 2 heterocycles. The first-order valence-electron chi connectivity index (χ1n) is 11.7. The van der Waals surface area contributed by atoms with Crippen LogP contribution in [0.1, 0.15) is 65.5 Å². The van der Waals surface area contributed by atoms with Crippen molar-refractivity contribution in [3.05, 3.63) is 47.2 Å². The van der Waals surface area contributed by atoms with E-state index in [1.807, 2.05) is 0 Å². The second-order valence-electron chi connectivity index (χ2n) is 9.46. The van der Waals surface area contributed by atoms with E-state index in [1.165, 1.54) is 7.11 Å². The van der Waals surface area contributed by atoms with E-state index in [0.717, 1.165) is 25.7 Å². The minimum atomic E-state index is -0.407. The molecule has 7 nitrogen and oxygen atoms in total. The normalized spacial score (nSPS) is 21.8. The molecule has 1 amide bonds. The van der Waals surface area contributed by atoms with Crippen molar-refractivity contribution in [3.63, 3.8) is 0 Å². The zero-order chi connectivity index (χ0) is 24.0. The molecule has 178 valence electrons. The molecule has 3 aromatic rings. The molecule has 1 fully saturated rings. The second kappa shape index (κ2) is 8.38. The molecule has 1 N–H and O–H groups in total. The Morgan fingerprint density at radius 2 is 1.82 bits per heavy atom. The molecule has 1 aromatic heterocycles. The first kappa shape index (κ1) is 22.3. The van der Waals surface area contributed by atoms with Crippen molar-refractivity contribution in [1.29, 1.82) is 0 Å². The van der Waals surface area contributed by atoms with Crippen molar-refractivity contribution in [3.8, 4) is 17.2 Å². The van der Waals surface area contributed by atoms with E-state index in [-0.39, 0.29) is 11.5 Å². The number of aryl methyl sites for hydroxylation is 1. The van der Waals surface area contributed by atoms with Gasteiger partial charge in [0, 0.05) is 22.7 Å². The molecular weight excluding hydrogens is 434 g/mol. The molecule has 1 spiro atoms. The quantitative estimate of drug-likeness (QED) is 0.516. The highest BCUT2D eigenvalue weighted by Crippen LogP contribution is 2.46. The molecule has 7 heteroatoms. The van der Waals surface area contributed by atoms with E-state index < -0.39 is 11.5 Å². The molecule has 1 aliphatic heterocycles. The topological polar surface area (TPSA) is 87.0 Å². The van der Waals surface area contributed by atoms with Crippen LogP contribution >= 0.6 is 0 Å². The Kier molecular flexibility index (Phi) is 5.50. The molecule has 1 saturated carbocycles. The zero-order valence-corrected chi connectivity index (χ0v) is 19.9. The summed E-state index contributed by atoms with van der Waals surface area (Å²) < 4.78 is 23.0. The maximum Gasteiger partial charge on any atom is 0.291 e. The lowest BCUT2D eigenvalue weighted by Gasteiger charge is -2.42. The van der Waals surface area contributed by atoms with Crippen LogP contribution in [-0.2, 0) is 0 Å². The largest absolute Gasteiger partial charge is 0.493 e. The smallest absolute Gasteiger partial charge is 0.291 e. The predicted octanol–water partition coefficient (Wildman–Crippen LogP) is 5.92. The number of furan rings is 1. The summed E-state index contributed by atoms with van der Waals surface area (Å²) in [6, 6.07) is 8.70. The SMILES string of the molecule is COc1ccc(NC(=O)c2oc3ccc4c(c3c2C)C(=O)CC2(CCC(C)CC2)O4)cc1OC. The highest BCUT2D eigenvalue weighted by molar-refractivity contribution is 6.14. The van der Waals surface area contributed by atoms with Gasteiger partial charge in [-0.3, -0.25) is 9.59 Å². The van der Waals surface area contributed by atoms with Gasteiger partial charge in [0.2, 0.25) is 0 Å². The zero-order valence-electron chi connectivity index (χ0n) is 19.9. The number of ketones is 1. The number of rotatable bonds is 4. The first-order valence-corrected chi connectivity index (χ1v) is 11.7. The minimum Gasteiger partial charge on any atom is -0.493 e. The van der Waals surface area contributed by atoms with Gasteiger partial charge in [-0.15, -0.1) is 0 Å². The fourth-order valence-electron chi connectivity index (χ4n) is 5.22. The van der Waals surface area contributed by atoms with Crippen LogP contribution in [-0.4, -0.2) is 31.5 Å². The number of hydrogen-bond donors (Lipinski definition) is 1. The molecule has 0 unspecified atom stereocenters. The average Bonchev–Trinajstić information content (AvgIpc) is 3.17. The molecule has 0 atom stereocenters. The number of amides is 1. The number of Topliss-reactive ketones (excluding diaryl/α,β-unsaturated/α-hetero) is 1. The number of ether oxygens (including phenoxy) is 3. The number of methoxy groups -OCH3 is 2. The van der Waals surface area contributed by atoms with Gasteiger partial charge in [-0.25, -0.2) is 0 Å². The van der Waals surface area contributed by atoms with Gasteiger partial charge in [0.15, 0.2) is 23.0 Å². The number of hydrogen-bond acceptors (Lipinski definition) is 6. The van der Waals surface area contributed by atoms with Crippen LogP contribution in [0.3, 0.4) is 0 Å². The van der Waals surface area contributed by atoms with Gasteiger partial charge in [-0.05, 0) is 62.8 Å². The number of carbonyl (C=O) groups excluding carboxylic acids is 2. The summed E-state index contributed by atoms with van der Waals surface area (Å²) in [7, 11) is 3.09. The van der Waals surface area contributed by atoms with Gasteiger partial charge < -0.3 is 23.9 Å². The lowest BCUT2D eigenvalue weighted by atomic mass is 9.74. The molecule has 1 aliphatic carbocycles. The van der Waals surface area contributed by atoms with E-state index in [2.05, 4.69) is 12.2 Å². The van der Waals surface area contributed by atoms with Gasteiger partial charge in [0.25, 0.3) is 5.91 Å². The van der Waals surface area contributed by atoms with Crippen LogP contribution in [0.4, 0.5) is 5.69 Å². The van der Waals surface area contributed by atoms with E-state index in [9.17, 15) is 9.59 Å². The van der Waals surface area contributed by atoms with Crippen molar-refractivity contribution < 1.29 is 28.2 Å². The molecule has 34 heavy (non-hydrogen) atoms. The third-order valence-corrected chi connectivity index (χ3v) is 7.18. The molecule has 5 rings (SSSR count). The average molecular weight is 464 g/mol. The third-order valence-electron chi connectivity index (χ3n) is 7.18. The highest BCUT2D eigenvalue weighted by Gasteiger charge is 2.43. The summed E-state index contributed by atoms with van der Waals surface area (Å²) in [5.41, 5.74) is 1.77. The van der Waals surface area contributed by atoms with Crippen LogP contribution < -0.4 is 19.5 Å². The summed E-state index contributed by atoms with van der Waals surface area (Å²) in [6.07, 6.45) is 4.28. The number of carbonyl (C=O) groups is 2. The van der Waals surface area contributed by atoms with E-state index >= 15 is 0 Å². The van der Waals surface area contributed by atoms with Gasteiger partial charge in [0.05, 0.1) is 26.2 Å². The molecular formula is C27H29NO6. The number of fused-ring (bicyclic) bond motifs is 3. The van der Waals surface area contributed by atoms with Gasteiger partial charge in [-0.2, -0.15) is 0 Å². The second-order valence-corrected chi connectivity index (χ2v) is 9.46. The van der Waals surface area contributed by atoms with Crippen LogP contribution in [0, 0.1) is 12.8 Å². The standard InChI is InChI=1S/C27H29NO6/c1-15-9-11-27(12-10-15)14-18(29)24-21(34-27)8-7-20-23(24)16(2)25(33-20)26(30)28-17-5-6-19(31-3)22(13-17)32-4/h5-8,13,15H,9-12,14H2,1-4H3,(H,28,30). The molecule has 2 aromatic carbocycles. The number of nitrogens with one attached hydrogen (secondary N) is 1. The van der Waals surface area contributed by atoms with Gasteiger partial charge in [-0.1, -0.05) is 6.92 Å². The van der Waals surface area contributed by atoms with Gasteiger partial charge >= 0.3 is 0 Å². The van der Waals surface area contributed by atoms with Crippen molar-refractivity contribution in [2.75, 3.05) is 19.5 Å². The van der Waals surface area contributed by atoms with Crippen LogP contribution in [0.15, 0.2) is 34.7 Å². The van der Waals surface area contributed by atoms with Crippen LogP contribution in [0.5, 0.6) is 17.2 Å². The Labute approximate surface area is 198 Å². The summed E-state index contributed by atoms with van der Waals surface area (Å²) in [4.78, 5) is 26.4. The fraction of sp³-hybridized carbons (Fsp3) is 0.407. The summed E-state index contributed by atoms with van der Waals surface area (Å²) in [6.45, 7) is 4.05. The van der Waals surface area contributed by atoms with Crippen molar-refractivity contribution in [2.24, 2.45) is 5.92 Å². The Bertz CT molecular complexity index is 1280. The monoisotopic (exact) mass is 463 g/mol. The Morgan fingerprint density at radius 1 is 1.09 bits per heavy atom. The minimum absolute atomic E-state index is 0.0529. The number of benzene rings is 2. The Morgan fingerprint density at radius 3 is 2.53 bits per heavy atom. The lowest BCUT2D eigenvalue weighted by molar-refractivity contribution is 0.00430. The fourth-order valence-corrected chi connectivity index (χ4v) is 5.22. The van der Waals surface area contributed by atoms with E-state index in [1.54, 1.807) is 44.4 Å². The third kappa shape index (κ3) is 3.69. The maximum atomic E-state index is 13.4. The van der Waals surface area contributed by atoms with Crippen molar-refractivity contribution >= 4 is 28.3 Å². The van der Waals surface area contributed by atoms with Gasteiger partial charge in [0.1, 0.15) is 16.9 Å². The van der Waals surface area contributed by atoms with Crippen LogP contribution in [0.25, 0.3) is 11.0 Å². The summed E-state index contributed by atoms with van der Waals surface area (Å²) >= 11 is 0. The first-order chi connectivity index (χ1) is 16.3. The molecule has 0 saturated heterocycles. The Balaban J connectivity index is 1.47. The molecule has 2 aliphatic rings. The lowest BCUT2D eigenvalue weighted by Crippen LogP contribution is -2.44. The van der Waals surface area contributed by atoms with Crippen molar-refractivity contribution in [2.45, 2.75) is 51.6 Å².